The molecular weight excluding hydrogens is 555 g/mol. The number of rotatable bonds is 2. The summed E-state index contributed by atoms with van der Waals surface area (Å²) >= 11 is 0. The van der Waals surface area contributed by atoms with E-state index in [-0.39, 0.29) is 5.41 Å². The quantitative estimate of drug-likeness (QED) is 0.194. The predicted octanol–water partition coefficient (Wildman–Crippen LogP) is 12.4. The van der Waals surface area contributed by atoms with Gasteiger partial charge in [0.2, 0.25) is 0 Å². The van der Waals surface area contributed by atoms with Crippen LogP contribution in [0.15, 0.2) is 146 Å². The summed E-state index contributed by atoms with van der Waals surface area (Å²) in [6, 6.07) is 54.2. The first-order chi connectivity index (χ1) is 22.6. The highest BCUT2D eigenvalue weighted by Crippen LogP contribution is 2.52. The van der Waals surface area contributed by atoms with E-state index in [1.165, 1.54) is 98.6 Å². The van der Waals surface area contributed by atoms with Gasteiger partial charge < -0.3 is 4.98 Å². The van der Waals surface area contributed by atoms with Gasteiger partial charge in [-0.25, -0.2) is 0 Å². The van der Waals surface area contributed by atoms with E-state index in [1.807, 2.05) is 0 Å². The van der Waals surface area contributed by atoms with Gasteiger partial charge in [-0.1, -0.05) is 123 Å². The van der Waals surface area contributed by atoms with E-state index in [1.54, 1.807) is 0 Å². The Bertz CT molecular complexity index is 2660. The third kappa shape index (κ3) is 3.46. The largest absolute Gasteiger partial charge is 0.355 e. The van der Waals surface area contributed by atoms with Crippen LogP contribution in [0.4, 0.5) is 0 Å². The summed E-state index contributed by atoms with van der Waals surface area (Å²) in [5.41, 5.74) is 12.9. The van der Waals surface area contributed by atoms with Crippen molar-refractivity contribution in [2.24, 2.45) is 0 Å². The molecule has 1 aliphatic carbocycles. The number of para-hydroxylation sites is 1. The second-order valence-electron chi connectivity index (χ2n) is 13.4. The number of H-pyrrole nitrogens is 1. The molecule has 0 spiro atoms. The molecule has 1 N–H and O–H groups in total. The molecule has 1 heteroatoms. The highest BCUT2D eigenvalue weighted by Gasteiger charge is 2.36. The first kappa shape index (κ1) is 25.6. The molecule has 1 aromatic heterocycles. The Morgan fingerprint density at radius 1 is 0.391 bits per heavy atom. The highest BCUT2D eigenvalue weighted by atomic mass is 14.7. The lowest BCUT2D eigenvalue weighted by Crippen LogP contribution is -2.15. The van der Waals surface area contributed by atoms with Crippen LogP contribution in [0.1, 0.15) is 25.0 Å². The van der Waals surface area contributed by atoms with Crippen molar-refractivity contribution in [3.05, 3.63) is 157 Å². The molecule has 0 atom stereocenters. The van der Waals surface area contributed by atoms with E-state index in [0.717, 1.165) is 0 Å². The van der Waals surface area contributed by atoms with Gasteiger partial charge in [0.15, 0.2) is 0 Å². The van der Waals surface area contributed by atoms with Crippen molar-refractivity contribution >= 4 is 54.1 Å². The van der Waals surface area contributed by atoms with Crippen LogP contribution in [0.2, 0.25) is 0 Å². The monoisotopic (exact) mass is 585 g/mol. The van der Waals surface area contributed by atoms with Gasteiger partial charge in [-0.2, -0.15) is 0 Å². The smallest absolute Gasteiger partial charge is 0.0465 e. The van der Waals surface area contributed by atoms with Crippen LogP contribution in [0.25, 0.3) is 87.5 Å². The van der Waals surface area contributed by atoms with Crippen LogP contribution >= 0.6 is 0 Å². The standard InChI is InChI=1S/C45H31N/c1-45(2)39-26-30(19-21-31(39)37-23-27-11-3-4-12-28(27)25-40(37)45)44-35-16-7-5-14-33(35)43(34-15-6-8-17-36(34)44)29-20-22-42-38(24-29)32-13-9-10-18-41(32)46-42/h3-26,46H,1-2H3. The van der Waals surface area contributed by atoms with Crippen LogP contribution in [0.3, 0.4) is 0 Å². The van der Waals surface area contributed by atoms with Crippen molar-refractivity contribution < 1.29 is 0 Å². The van der Waals surface area contributed by atoms with Gasteiger partial charge in [-0.15, -0.1) is 0 Å². The van der Waals surface area contributed by atoms with Gasteiger partial charge in [-0.05, 0) is 113 Å². The molecule has 1 aliphatic rings. The number of benzene rings is 8. The fourth-order valence-corrected chi connectivity index (χ4v) is 8.33. The minimum Gasteiger partial charge on any atom is -0.355 e. The Balaban J connectivity index is 1.23. The fourth-order valence-electron chi connectivity index (χ4n) is 8.33. The summed E-state index contributed by atoms with van der Waals surface area (Å²) in [7, 11) is 0. The van der Waals surface area contributed by atoms with Gasteiger partial charge in [0.1, 0.15) is 0 Å². The maximum Gasteiger partial charge on any atom is 0.0465 e. The van der Waals surface area contributed by atoms with E-state index in [2.05, 4.69) is 164 Å². The van der Waals surface area contributed by atoms with E-state index >= 15 is 0 Å². The number of hydrogen-bond acceptors (Lipinski definition) is 0. The lowest BCUT2D eigenvalue weighted by atomic mass is 9.80. The lowest BCUT2D eigenvalue weighted by Gasteiger charge is -2.23. The molecule has 0 bridgehead atoms. The molecule has 10 rings (SSSR count). The molecule has 8 aromatic carbocycles. The van der Waals surface area contributed by atoms with Crippen LogP contribution in [-0.4, -0.2) is 4.98 Å². The SMILES string of the molecule is CC1(C)c2cc(-c3c4ccccc4c(-c4ccc5[nH]c6ccccc6c5c4)c4ccccc34)ccc2-c2cc3ccccc3cc21. The van der Waals surface area contributed by atoms with Gasteiger partial charge in [0, 0.05) is 27.2 Å². The average molecular weight is 586 g/mol. The first-order valence-electron chi connectivity index (χ1n) is 16.2. The second-order valence-corrected chi connectivity index (χ2v) is 13.4. The van der Waals surface area contributed by atoms with E-state index in [9.17, 15) is 0 Å². The van der Waals surface area contributed by atoms with Crippen molar-refractivity contribution in [1.82, 2.24) is 4.98 Å². The van der Waals surface area contributed by atoms with Crippen molar-refractivity contribution in [2.75, 3.05) is 0 Å². The molecule has 0 aliphatic heterocycles. The van der Waals surface area contributed by atoms with E-state index in [0.29, 0.717) is 0 Å². The summed E-state index contributed by atoms with van der Waals surface area (Å²) in [6.45, 7) is 4.77. The lowest BCUT2D eigenvalue weighted by molar-refractivity contribution is 0.661. The predicted molar refractivity (Wildman–Crippen MR) is 197 cm³/mol. The third-order valence-corrected chi connectivity index (χ3v) is 10.6. The summed E-state index contributed by atoms with van der Waals surface area (Å²) in [5, 5.41) is 10.3. The van der Waals surface area contributed by atoms with E-state index < -0.39 is 0 Å². The maximum absolute atomic E-state index is 3.60. The normalized spacial score (nSPS) is 13.6. The summed E-state index contributed by atoms with van der Waals surface area (Å²) in [6.07, 6.45) is 0. The van der Waals surface area contributed by atoms with Gasteiger partial charge >= 0.3 is 0 Å². The van der Waals surface area contributed by atoms with Crippen LogP contribution < -0.4 is 0 Å². The summed E-state index contributed by atoms with van der Waals surface area (Å²) < 4.78 is 0. The molecular formula is C45H31N. The molecule has 46 heavy (non-hydrogen) atoms. The van der Waals surface area contributed by atoms with Crippen LogP contribution in [0.5, 0.6) is 0 Å². The van der Waals surface area contributed by atoms with Gasteiger partial charge in [-0.3, -0.25) is 0 Å². The molecule has 0 saturated heterocycles. The third-order valence-electron chi connectivity index (χ3n) is 10.6. The minimum absolute atomic E-state index is 0.0923. The molecule has 1 nitrogen and oxygen atoms in total. The zero-order chi connectivity index (χ0) is 30.6. The Hall–Kier alpha value is -5.66. The Labute approximate surface area is 267 Å². The number of aromatic nitrogens is 1. The fraction of sp³-hybridized carbons (Fsp3) is 0.0667. The molecule has 1 heterocycles. The Morgan fingerprint density at radius 3 is 1.57 bits per heavy atom. The number of aromatic amines is 1. The minimum atomic E-state index is -0.0923. The summed E-state index contributed by atoms with van der Waals surface area (Å²) in [4.78, 5) is 3.60. The highest BCUT2D eigenvalue weighted by molar-refractivity contribution is 6.22. The van der Waals surface area contributed by atoms with Crippen molar-refractivity contribution in [2.45, 2.75) is 19.3 Å². The van der Waals surface area contributed by atoms with Gasteiger partial charge in [0.05, 0.1) is 0 Å². The zero-order valence-electron chi connectivity index (χ0n) is 25.9. The molecule has 216 valence electrons. The van der Waals surface area contributed by atoms with Crippen LogP contribution in [0, 0.1) is 0 Å². The van der Waals surface area contributed by atoms with Crippen LogP contribution in [-0.2, 0) is 5.41 Å². The molecule has 0 amide bonds. The topological polar surface area (TPSA) is 15.8 Å². The number of fused-ring (bicyclic) bond motifs is 9. The van der Waals surface area contributed by atoms with Crippen molar-refractivity contribution in [3.63, 3.8) is 0 Å². The number of hydrogen-bond donors (Lipinski definition) is 1. The average Bonchev–Trinajstić information content (AvgIpc) is 3.57. The zero-order valence-corrected chi connectivity index (χ0v) is 25.9. The van der Waals surface area contributed by atoms with Gasteiger partial charge in [0.25, 0.3) is 0 Å². The summed E-state index contributed by atoms with van der Waals surface area (Å²) in [5.74, 6) is 0. The Kier molecular flexibility index (Phi) is 5.12. The van der Waals surface area contributed by atoms with Crippen molar-refractivity contribution in [3.8, 4) is 33.4 Å². The number of nitrogens with one attached hydrogen (secondary N) is 1. The molecule has 0 unspecified atom stereocenters. The molecule has 0 radical (unpaired) electrons. The molecule has 0 fully saturated rings. The van der Waals surface area contributed by atoms with E-state index in [4.69, 9.17) is 0 Å². The first-order valence-corrected chi connectivity index (χ1v) is 16.2. The Morgan fingerprint density at radius 2 is 0.891 bits per heavy atom. The molecule has 0 saturated carbocycles. The molecule has 9 aromatic rings. The second kappa shape index (κ2) is 9.19. The van der Waals surface area contributed by atoms with Crippen molar-refractivity contribution in [1.29, 1.82) is 0 Å². The maximum atomic E-state index is 3.60.